The zero-order valence-corrected chi connectivity index (χ0v) is 19.1. The standard InChI is InChI=1S/C26H34N2O4/c1-19(2)15-28(18-22-13-24-25(14-23(22)29)32-12-6-11-31-24)26(30)21-9-10-27(17-21)16-20-7-4-3-5-8-20/h3-5,7-8,13-14,19,21,29H,6,9-12,15-18H2,1-2H3. The van der Waals surface area contributed by atoms with Crippen LogP contribution in [0.3, 0.4) is 0 Å². The van der Waals surface area contributed by atoms with Crippen LogP contribution in [0.4, 0.5) is 0 Å². The first-order valence-corrected chi connectivity index (χ1v) is 11.7. The number of hydrogen-bond donors (Lipinski definition) is 1. The molecule has 0 bridgehead atoms. The van der Waals surface area contributed by atoms with E-state index in [9.17, 15) is 9.90 Å². The van der Waals surface area contributed by atoms with Crippen molar-refractivity contribution in [2.24, 2.45) is 11.8 Å². The zero-order chi connectivity index (χ0) is 22.5. The maximum Gasteiger partial charge on any atom is 0.227 e. The maximum absolute atomic E-state index is 13.5. The number of hydrogen-bond acceptors (Lipinski definition) is 5. The third kappa shape index (κ3) is 5.54. The molecule has 2 aromatic rings. The van der Waals surface area contributed by atoms with Crippen molar-refractivity contribution in [3.63, 3.8) is 0 Å². The van der Waals surface area contributed by atoms with Crippen molar-refractivity contribution < 1.29 is 19.4 Å². The Balaban J connectivity index is 1.45. The van der Waals surface area contributed by atoms with Crippen LogP contribution < -0.4 is 9.47 Å². The van der Waals surface area contributed by atoms with E-state index in [4.69, 9.17) is 9.47 Å². The molecule has 4 rings (SSSR count). The average Bonchev–Trinajstić information content (AvgIpc) is 3.11. The number of fused-ring (bicyclic) bond motifs is 1. The van der Waals surface area contributed by atoms with Crippen molar-refractivity contribution >= 4 is 5.91 Å². The normalized spacial score (nSPS) is 18.5. The summed E-state index contributed by atoms with van der Waals surface area (Å²) in [7, 11) is 0. The van der Waals surface area contributed by atoms with Gasteiger partial charge in [-0.3, -0.25) is 9.69 Å². The van der Waals surface area contributed by atoms with Gasteiger partial charge in [0, 0.05) is 44.2 Å². The van der Waals surface area contributed by atoms with Gasteiger partial charge in [-0.1, -0.05) is 44.2 Å². The van der Waals surface area contributed by atoms with Crippen LogP contribution in [0, 0.1) is 11.8 Å². The number of nitrogens with zero attached hydrogens (tertiary/aromatic N) is 2. The number of likely N-dealkylation sites (tertiary alicyclic amines) is 1. The van der Waals surface area contributed by atoms with E-state index in [-0.39, 0.29) is 17.6 Å². The van der Waals surface area contributed by atoms with Crippen molar-refractivity contribution in [1.29, 1.82) is 0 Å². The minimum Gasteiger partial charge on any atom is -0.507 e. The van der Waals surface area contributed by atoms with Crippen molar-refractivity contribution in [2.45, 2.75) is 39.8 Å². The van der Waals surface area contributed by atoms with Gasteiger partial charge in [-0.05, 0) is 30.5 Å². The van der Waals surface area contributed by atoms with Crippen LogP contribution >= 0.6 is 0 Å². The molecular formula is C26H34N2O4. The van der Waals surface area contributed by atoms with Crippen LogP contribution in [0.25, 0.3) is 0 Å². The van der Waals surface area contributed by atoms with E-state index in [0.29, 0.717) is 49.3 Å². The molecule has 1 atom stereocenters. The van der Waals surface area contributed by atoms with Crippen LogP contribution in [0.15, 0.2) is 42.5 Å². The smallest absolute Gasteiger partial charge is 0.227 e. The fraction of sp³-hybridized carbons (Fsp3) is 0.500. The Morgan fingerprint density at radius 1 is 1.16 bits per heavy atom. The Kier molecular flexibility index (Phi) is 7.20. The minimum absolute atomic E-state index is 0.0139. The van der Waals surface area contributed by atoms with Gasteiger partial charge >= 0.3 is 0 Å². The second-order valence-corrected chi connectivity index (χ2v) is 9.30. The van der Waals surface area contributed by atoms with Crippen LogP contribution in [0.1, 0.15) is 37.8 Å². The second kappa shape index (κ2) is 10.3. The van der Waals surface area contributed by atoms with Crippen LogP contribution in [-0.4, -0.2) is 53.7 Å². The highest BCUT2D eigenvalue weighted by Gasteiger charge is 2.32. The Labute approximate surface area is 190 Å². The van der Waals surface area contributed by atoms with E-state index in [1.165, 1.54) is 5.56 Å². The molecule has 2 heterocycles. The highest BCUT2D eigenvalue weighted by atomic mass is 16.5. The first kappa shape index (κ1) is 22.5. The lowest BCUT2D eigenvalue weighted by Crippen LogP contribution is -2.39. The lowest BCUT2D eigenvalue weighted by molar-refractivity contribution is -0.136. The van der Waals surface area contributed by atoms with Crippen molar-refractivity contribution in [2.75, 3.05) is 32.8 Å². The number of carbonyl (C=O) groups is 1. The Morgan fingerprint density at radius 3 is 2.59 bits per heavy atom. The number of carbonyl (C=O) groups excluding carboxylic acids is 1. The van der Waals surface area contributed by atoms with Crippen LogP contribution in [0.2, 0.25) is 0 Å². The summed E-state index contributed by atoms with van der Waals surface area (Å²) in [5, 5.41) is 10.6. The summed E-state index contributed by atoms with van der Waals surface area (Å²) in [6.45, 7) is 8.99. The molecule has 2 aliphatic rings. The van der Waals surface area contributed by atoms with Crippen molar-refractivity contribution in [1.82, 2.24) is 9.80 Å². The van der Waals surface area contributed by atoms with E-state index in [1.54, 1.807) is 6.07 Å². The third-order valence-electron chi connectivity index (χ3n) is 6.08. The fourth-order valence-electron chi connectivity index (χ4n) is 4.52. The minimum atomic E-state index is -0.0139. The lowest BCUT2D eigenvalue weighted by Gasteiger charge is -2.28. The van der Waals surface area contributed by atoms with Crippen LogP contribution in [0.5, 0.6) is 17.2 Å². The van der Waals surface area contributed by atoms with Gasteiger partial charge in [-0.15, -0.1) is 0 Å². The summed E-state index contributed by atoms with van der Waals surface area (Å²) in [5.41, 5.74) is 1.97. The lowest BCUT2D eigenvalue weighted by atomic mass is 10.0. The maximum atomic E-state index is 13.5. The number of aromatic hydroxyl groups is 1. The molecule has 0 radical (unpaired) electrons. The molecule has 1 N–H and O–H groups in total. The number of benzene rings is 2. The number of phenols is 1. The molecule has 6 heteroatoms. The van der Waals surface area contributed by atoms with Crippen LogP contribution in [-0.2, 0) is 17.9 Å². The largest absolute Gasteiger partial charge is 0.507 e. The first-order valence-electron chi connectivity index (χ1n) is 11.7. The van der Waals surface area contributed by atoms with Gasteiger partial charge in [0.1, 0.15) is 5.75 Å². The molecule has 0 spiro atoms. The van der Waals surface area contributed by atoms with Crippen molar-refractivity contribution in [3.8, 4) is 17.2 Å². The summed E-state index contributed by atoms with van der Waals surface area (Å²) < 4.78 is 11.5. The predicted octanol–water partition coefficient (Wildman–Crippen LogP) is 4.06. The summed E-state index contributed by atoms with van der Waals surface area (Å²) in [5.74, 6) is 1.84. The Morgan fingerprint density at radius 2 is 1.88 bits per heavy atom. The van der Waals surface area contributed by atoms with Gasteiger partial charge in [-0.2, -0.15) is 0 Å². The Hall–Kier alpha value is -2.73. The van der Waals surface area contributed by atoms with Gasteiger partial charge < -0.3 is 19.5 Å². The molecule has 1 saturated heterocycles. The molecule has 0 aliphatic carbocycles. The number of rotatable bonds is 7. The zero-order valence-electron chi connectivity index (χ0n) is 19.1. The van der Waals surface area contributed by atoms with E-state index in [2.05, 4.69) is 43.0 Å². The molecule has 6 nitrogen and oxygen atoms in total. The highest BCUT2D eigenvalue weighted by Crippen LogP contribution is 2.36. The quantitative estimate of drug-likeness (QED) is 0.706. The third-order valence-corrected chi connectivity index (χ3v) is 6.08. The molecule has 2 aromatic carbocycles. The molecule has 1 unspecified atom stereocenters. The van der Waals surface area contributed by atoms with E-state index < -0.39 is 0 Å². The van der Waals surface area contributed by atoms with E-state index >= 15 is 0 Å². The van der Waals surface area contributed by atoms with Gasteiger partial charge in [0.15, 0.2) is 11.5 Å². The predicted molar refractivity (Wildman–Crippen MR) is 124 cm³/mol. The first-order chi connectivity index (χ1) is 15.5. The number of ether oxygens (including phenoxy) is 2. The molecule has 0 aromatic heterocycles. The van der Waals surface area contributed by atoms with Gasteiger partial charge in [-0.25, -0.2) is 0 Å². The molecule has 0 saturated carbocycles. The number of amides is 1. The summed E-state index contributed by atoms with van der Waals surface area (Å²) >= 11 is 0. The highest BCUT2D eigenvalue weighted by molar-refractivity contribution is 5.79. The molecular weight excluding hydrogens is 404 g/mol. The SMILES string of the molecule is CC(C)CN(Cc1cc2c(cc1O)OCCCO2)C(=O)C1CCN(Cc2ccccc2)C1. The molecule has 1 amide bonds. The van der Waals surface area contributed by atoms with E-state index in [1.807, 2.05) is 17.0 Å². The summed E-state index contributed by atoms with van der Waals surface area (Å²) in [6, 6.07) is 13.8. The molecule has 32 heavy (non-hydrogen) atoms. The molecule has 172 valence electrons. The number of phenolic OH excluding ortho intramolecular Hbond substituents is 1. The van der Waals surface area contributed by atoms with Gasteiger partial charge in [0.2, 0.25) is 5.91 Å². The fourth-order valence-corrected chi connectivity index (χ4v) is 4.52. The summed E-state index contributed by atoms with van der Waals surface area (Å²) in [6.07, 6.45) is 1.68. The van der Waals surface area contributed by atoms with Gasteiger partial charge in [0.25, 0.3) is 0 Å². The van der Waals surface area contributed by atoms with Crippen molar-refractivity contribution in [3.05, 3.63) is 53.6 Å². The second-order valence-electron chi connectivity index (χ2n) is 9.30. The van der Waals surface area contributed by atoms with Gasteiger partial charge in [0.05, 0.1) is 19.1 Å². The van der Waals surface area contributed by atoms with E-state index in [0.717, 1.165) is 32.5 Å². The Bertz CT molecular complexity index is 916. The summed E-state index contributed by atoms with van der Waals surface area (Å²) in [4.78, 5) is 17.8. The topological polar surface area (TPSA) is 62.2 Å². The average molecular weight is 439 g/mol. The molecule has 2 aliphatic heterocycles. The monoisotopic (exact) mass is 438 g/mol. The molecule has 1 fully saturated rings.